The highest BCUT2D eigenvalue weighted by Crippen LogP contribution is 2.13. The van der Waals surface area contributed by atoms with Crippen LogP contribution in [0.25, 0.3) is 0 Å². The summed E-state index contributed by atoms with van der Waals surface area (Å²) in [4.78, 5) is 24.9. The Bertz CT molecular complexity index is 602. The largest absolute Gasteiger partial charge is 0.508 e. The van der Waals surface area contributed by atoms with E-state index in [2.05, 4.69) is 10.6 Å². The van der Waals surface area contributed by atoms with Crippen molar-refractivity contribution in [2.75, 3.05) is 6.61 Å². The second kappa shape index (κ2) is 11.0. The van der Waals surface area contributed by atoms with Crippen LogP contribution in [0.2, 0.25) is 0 Å². The molecule has 1 rings (SSSR count). The number of carbonyl (C=O) groups is 2. The fourth-order valence-electron chi connectivity index (χ4n) is 2.74. The minimum absolute atomic E-state index is 0.0903. The predicted molar refractivity (Wildman–Crippen MR) is 105 cm³/mol. The second-order valence-electron chi connectivity index (χ2n) is 7.72. The molecule has 0 aliphatic rings. The van der Waals surface area contributed by atoms with Gasteiger partial charge in [-0.1, -0.05) is 39.8 Å². The van der Waals surface area contributed by atoms with Crippen LogP contribution >= 0.6 is 0 Å². The summed E-state index contributed by atoms with van der Waals surface area (Å²) in [5.41, 5.74) is 6.64. The number of hydrogen-bond donors (Lipinski definition) is 5. The summed E-state index contributed by atoms with van der Waals surface area (Å²) in [5.74, 6) is -0.613. The minimum atomic E-state index is -0.771. The number of hydrogen-bond acceptors (Lipinski definition) is 6. The molecule has 3 atom stereocenters. The van der Waals surface area contributed by atoms with Gasteiger partial charge in [-0.25, -0.2) is 0 Å². The lowest BCUT2D eigenvalue weighted by Crippen LogP contribution is -2.55. The van der Waals surface area contributed by atoms with E-state index in [1.807, 2.05) is 27.7 Å². The quantitative estimate of drug-likeness (QED) is 0.412. The molecule has 0 heterocycles. The van der Waals surface area contributed by atoms with Gasteiger partial charge in [0.1, 0.15) is 5.75 Å². The molecule has 0 unspecified atom stereocenters. The first kappa shape index (κ1) is 23.1. The number of aliphatic hydroxyl groups is 1. The molecule has 0 fully saturated rings. The van der Waals surface area contributed by atoms with Crippen molar-refractivity contribution in [2.24, 2.45) is 17.6 Å². The third-order valence-electron chi connectivity index (χ3n) is 4.37. The number of amides is 2. The van der Waals surface area contributed by atoms with Crippen molar-refractivity contribution < 1.29 is 19.8 Å². The zero-order valence-electron chi connectivity index (χ0n) is 16.6. The van der Waals surface area contributed by atoms with E-state index in [9.17, 15) is 19.8 Å². The van der Waals surface area contributed by atoms with Gasteiger partial charge in [0.05, 0.1) is 18.7 Å². The van der Waals surface area contributed by atoms with E-state index in [4.69, 9.17) is 5.73 Å². The third kappa shape index (κ3) is 8.07. The Morgan fingerprint density at radius 2 is 1.67 bits per heavy atom. The second-order valence-corrected chi connectivity index (χ2v) is 7.72. The van der Waals surface area contributed by atoms with Gasteiger partial charge in [0.2, 0.25) is 11.8 Å². The zero-order valence-corrected chi connectivity index (χ0v) is 16.6. The Morgan fingerprint density at radius 3 is 2.15 bits per heavy atom. The van der Waals surface area contributed by atoms with E-state index in [1.165, 1.54) is 0 Å². The molecule has 6 N–H and O–H groups in total. The van der Waals surface area contributed by atoms with E-state index >= 15 is 0 Å². The van der Waals surface area contributed by atoms with E-state index < -0.39 is 23.9 Å². The highest BCUT2D eigenvalue weighted by atomic mass is 16.3. The average molecular weight is 380 g/mol. The Balaban J connectivity index is 2.92. The summed E-state index contributed by atoms with van der Waals surface area (Å²) in [6, 6.07) is 4.77. The molecule has 0 radical (unpaired) electrons. The Morgan fingerprint density at radius 1 is 1.07 bits per heavy atom. The molecule has 7 nitrogen and oxygen atoms in total. The van der Waals surface area contributed by atoms with Gasteiger partial charge < -0.3 is 21.3 Å². The molecule has 2 amide bonds. The molecule has 0 bridgehead atoms. The molecule has 152 valence electrons. The molecular formula is C20H33N3O4. The SMILES string of the molecule is CC(C)C[C@@H](CO)N[C@@H](Cc1ccc(O)cc1)C(=O)NC(=O)[C@@H](N)C(C)C. The van der Waals surface area contributed by atoms with E-state index in [0.717, 1.165) is 5.56 Å². The maximum absolute atomic E-state index is 12.7. The smallest absolute Gasteiger partial charge is 0.244 e. The van der Waals surface area contributed by atoms with Gasteiger partial charge in [-0.05, 0) is 42.4 Å². The molecule has 0 spiro atoms. The fraction of sp³-hybridized carbons (Fsp3) is 0.600. The number of phenols is 1. The minimum Gasteiger partial charge on any atom is -0.508 e. The van der Waals surface area contributed by atoms with Crippen LogP contribution in [0.15, 0.2) is 24.3 Å². The van der Waals surface area contributed by atoms with Crippen LogP contribution in [0.5, 0.6) is 5.75 Å². The van der Waals surface area contributed by atoms with Gasteiger partial charge in [0.15, 0.2) is 0 Å². The molecular weight excluding hydrogens is 346 g/mol. The van der Waals surface area contributed by atoms with E-state index in [1.54, 1.807) is 24.3 Å². The third-order valence-corrected chi connectivity index (χ3v) is 4.37. The maximum Gasteiger partial charge on any atom is 0.244 e. The molecule has 1 aromatic carbocycles. The number of phenolic OH excluding ortho intramolecular Hbond substituents is 1. The monoisotopic (exact) mass is 379 g/mol. The van der Waals surface area contributed by atoms with Crippen LogP contribution in [0.3, 0.4) is 0 Å². The van der Waals surface area contributed by atoms with Gasteiger partial charge in [-0.2, -0.15) is 0 Å². The van der Waals surface area contributed by atoms with Gasteiger partial charge in [-0.15, -0.1) is 0 Å². The first-order valence-corrected chi connectivity index (χ1v) is 9.39. The number of imide groups is 1. The highest BCUT2D eigenvalue weighted by Gasteiger charge is 2.27. The summed E-state index contributed by atoms with van der Waals surface area (Å²) in [6.45, 7) is 7.57. The maximum atomic E-state index is 12.7. The normalized spacial score (nSPS) is 14.8. The van der Waals surface area contributed by atoms with Crippen molar-refractivity contribution in [2.45, 2.75) is 58.7 Å². The summed E-state index contributed by atoms with van der Waals surface area (Å²) in [5, 5.41) is 24.6. The summed E-state index contributed by atoms with van der Waals surface area (Å²) in [6.07, 6.45) is 1.00. The number of aromatic hydroxyl groups is 1. The Labute approximate surface area is 161 Å². The molecule has 0 aromatic heterocycles. The van der Waals surface area contributed by atoms with Crippen LogP contribution in [-0.2, 0) is 16.0 Å². The number of carbonyl (C=O) groups excluding carboxylic acids is 2. The van der Waals surface area contributed by atoms with Crippen molar-refractivity contribution in [1.82, 2.24) is 10.6 Å². The van der Waals surface area contributed by atoms with Gasteiger partial charge in [0.25, 0.3) is 0 Å². The van der Waals surface area contributed by atoms with Gasteiger partial charge in [-0.3, -0.25) is 14.9 Å². The van der Waals surface area contributed by atoms with Crippen LogP contribution in [0.1, 0.15) is 39.7 Å². The summed E-state index contributed by atoms with van der Waals surface area (Å²) < 4.78 is 0. The number of aliphatic hydroxyl groups excluding tert-OH is 1. The van der Waals surface area contributed by atoms with Crippen LogP contribution in [0, 0.1) is 11.8 Å². The fourth-order valence-corrected chi connectivity index (χ4v) is 2.74. The van der Waals surface area contributed by atoms with E-state index in [-0.39, 0.29) is 24.3 Å². The van der Waals surface area contributed by atoms with Gasteiger partial charge in [0, 0.05) is 6.04 Å². The molecule has 0 aliphatic heterocycles. The lowest BCUT2D eigenvalue weighted by atomic mass is 10.00. The molecule has 0 aliphatic carbocycles. The Hall–Kier alpha value is -1.96. The van der Waals surface area contributed by atoms with Crippen LogP contribution < -0.4 is 16.4 Å². The van der Waals surface area contributed by atoms with E-state index in [0.29, 0.717) is 18.8 Å². The first-order chi connectivity index (χ1) is 12.6. The number of nitrogens with one attached hydrogen (secondary N) is 2. The van der Waals surface area contributed by atoms with Gasteiger partial charge >= 0.3 is 0 Å². The van der Waals surface area contributed by atoms with Crippen molar-refractivity contribution in [1.29, 1.82) is 0 Å². The number of rotatable bonds is 10. The van der Waals surface area contributed by atoms with Crippen LogP contribution in [0.4, 0.5) is 0 Å². The molecule has 0 saturated heterocycles. The zero-order chi connectivity index (χ0) is 20.6. The molecule has 0 saturated carbocycles. The topological polar surface area (TPSA) is 125 Å². The van der Waals surface area contributed by atoms with Crippen molar-refractivity contribution in [3.8, 4) is 5.75 Å². The predicted octanol–water partition coefficient (Wildman–Crippen LogP) is 0.926. The number of nitrogens with two attached hydrogens (primary N) is 1. The Kier molecular flexibility index (Phi) is 9.41. The molecule has 27 heavy (non-hydrogen) atoms. The average Bonchev–Trinajstić information content (AvgIpc) is 2.60. The summed E-state index contributed by atoms with van der Waals surface area (Å²) in [7, 11) is 0. The lowest BCUT2D eigenvalue weighted by molar-refractivity contribution is -0.133. The van der Waals surface area contributed by atoms with Crippen LogP contribution in [-0.4, -0.2) is 46.8 Å². The molecule has 7 heteroatoms. The van der Waals surface area contributed by atoms with Crippen molar-refractivity contribution in [3.05, 3.63) is 29.8 Å². The summed E-state index contributed by atoms with van der Waals surface area (Å²) >= 11 is 0. The standard InChI is InChI=1S/C20H33N3O4/c1-12(2)9-15(11-24)22-17(10-14-5-7-16(25)8-6-14)19(26)23-20(27)18(21)13(3)4/h5-8,12-13,15,17-18,22,24-25H,9-11,21H2,1-4H3,(H,23,26,27)/t15-,17-,18-/m0/s1. The first-order valence-electron chi connectivity index (χ1n) is 9.39. The van der Waals surface area contributed by atoms with Crippen molar-refractivity contribution >= 4 is 11.8 Å². The molecule has 1 aromatic rings. The number of benzene rings is 1. The highest BCUT2D eigenvalue weighted by molar-refractivity contribution is 6.00. The van der Waals surface area contributed by atoms with Crippen molar-refractivity contribution in [3.63, 3.8) is 0 Å². The lowest BCUT2D eigenvalue weighted by Gasteiger charge is -2.26.